The van der Waals surface area contributed by atoms with E-state index >= 15 is 0 Å². The van der Waals surface area contributed by atoms with Crippen LogP contribution in [0.3, 0.4) is 0 Å². The number of carbonyl (C=O) groups excluding carboxylic acids is 1. The topological polar surface area (TPSA) is 49.3 Å². The SMILES string of the molecule is CCCCCCCC/C=C\C/C=C\C/C=C\CC(=O)NCCO. The van der Waals surface area contributed by atoms with Gasteiger partial charge in [0, 0.05) is 13.0 Å². The fourth-order valence-corrected chi connectivity index (χ4v) is 2.16. The van der Waals surface area contributed by atoms with Crippen LogP contribution in [0.25, 0.3) is 0 Å². The lowest BCUT2D eigenvalue weighted by Crippen LogP contribution is -2.25. The minimum atomic E-state index is -0.0445. The molecule has 0 aromatic rings. The summed E-state index contributed by atoms with van der Waals surface area (Å²) in [5.74, 6) is -0.0445. The molecule has 0 bridgehead atoms. The first kappa shape index (κ1) is 21.6. The summed E-state index contributed by atoms with van der Waals surface area (Å²) in [5, 5.41) is 11.2. The van der Waals surface area contributed by atoms with Gasteiger partial charge in [-0.05, 0) is 25.7 Å². The number of hydrogen-bond acceptors (Lipinski definition) is 2. The first-order chi connectivity index (χ1) is 11.3. The van der Waals surface area contributed by atoms with Crippen LogP contribution >= 0.6 is 0 Å². The molecule has 0 aromatic carbocycles. The molecule has 2 N–H and O–H groups in total. The minimum absolute atomic E-state index is 0.00936. The van der Waals surface area contributed by atoms with Crippen molar-refractivity contribution >= 4 is 5.91 Å². The van der Waals surface area contributed by atoms with Crippen LogP contribution in [-0.2, 0) is 4.79 Å². The monoisotopic (exact) mass is 321 g/mol. The van der Waals surface area contributed by atoms with Crippen molar-refractivity contribution in [2.24, 2.45) is 0 Å². The molecule has 23 heavy (non-hydrogen) atoms. The fourth-order valence-electron chi connectivity index (χ4n) is 2.16. The van der Waals surface area contributed by atoms with E-state index in [0.717, 1.165) is 12.8 Å². The highest BCUT2D eigenvalue weighted by Gasteiger charge is 1.94. The standard InChI is InChI=1S/C20H35NO2/c1-2-3-4-5-6-7-8-9-10-11-12-13-14-15-16-17-20(23)21-18-19-22/h9-10,12-13,15-16,22H,2-8,11,14,17-19H2,1H3,(H,21,23)/b10-9-,13-12-,16-15-. The van der Waals surface area contributed by atoms with Crippen LogP contribution in [0.5, 0.6) is 0 Å². The molecule has 1 amide bonds. The van der Waals surface area contributed by atoms with E-state index in [1.165, 1.54) is 44.9 Å². The molecule has 0 spiro atoms. The molecule has 0 aliphatic rings. The minimum Gasteiger partial charge on any atom is -0.395 e. The first-order valence-corrected chi connectivity index (χ1v) is 9.13. The average Bonchev–Trinajstić information content (AvgIpc) is 2.56. The summed E-state index contributed by atoms with van der Waals surface area (Å²) in [6.45, 7) is 2.57. The summed E-state index contributed by atoms with van der Waals surface area (Å²) in [6.07, 6.45) is 24.2. The van der Waals surface area contributed by atoms with Crippen molar-refractivity contribution in [2.75, 3.05) is 13.2 Å². The highest BCUT2D eigenvalue weighted by atomic mass is 16.3. The summed E-state index contributed by atoms with van der Waals surface area (Å²) >= 11 is 0. The molecule has 132 valence electrons. The Morgan fingerprint density at radius 1 is 0.870 bits per heavy atom. The number of carbonyl (C=O) groups is 1. The Labute approximate surface area is 142 Å². The third-order valence-corrected chi connectivity index (χ3v) is 3.51. The van der Waals surface area contributed by atoms with Gasteiger partial charge in [-0.2, -0.15) is 0 Å². The third kappa shape index (κ3) is 18.6. The molecular formula is C20H35NO2. The van der Waals surface area contributed by atoms with Crippen LogP contribution in [-0.4, -0.2) is 24.2 Å². The summed E-state index contributed by atoms with van der Waals surface area (Å²) in [6, 6.07) is 0. The number of rotatable bonds is 15. The van der Waals surface area contributed by atoms with E-state index in [1.54, 1.807) is 0 Å². The molecule has 0 atom stereocenters. The summed E-state index contributed by atoms with van der Waals surface area (Å²) in [7, 11) is 0. The van der Waals surface area contributed by atoms with E-state index in [1.807, 2.05) is 12.2 Å². The maximum absolute atomic E-state index is 11.2. The Morgan fingerprint density at radius 2 is 1.48 bits per heavy atom. The number of aliphatic hydroxyl groups is 1. The van der Waals surface area contributed by atoms with Gasteiger partial charge in [0.1, 0.15) is 0 Å². The number of aliphatic hydroxyl groups excluding tert-OH is 1. The van der Waals surface area contributed by atoms with Gasteiger partial charge in [-0.25, -0.2) is 0 Å². The molecule has 0 rings (SSSR count). The van der Waals surface area contributed by atoms with E-state index in [-0.39, 0.29) is 12.5 Å². The van der Waals surface area contributed by atoms with Gasteiger partial charge in [0.05, 0.1) is 6.61 Å². The Hall–Kier alpha value is -1.35. The highest BCUT2D eigenvalue weighted by Crippen LogP contribution is 2.07. The molecule has 0 saturated carbocycles. The van der Waals surface area contributed by atoms with Gasteiger partial charge in [0.25, 0.3) is 0 Å². The van der Waals surface area contributed by atoms with Crippen molar-refractivity contribution in [3.8, 4) is 0 Å². The van der Waals surface area contributed by atoms with Gasteiger partial charge in [0.2, 0.25) is 5.91 Å². The highest BCUT2D eigenvalue weighted by molar-refractivity contribution is 5.77. The zero-order valence-corrected chi connectivity index (χ0v) is 14.8. The molecule has 0 aromatic heterocycles. The van der Waals surface area contributed by atoms with E-state index in [0.29, 0.717) is 13.0 Å². The lowest BCUT2D eigenvalue weighted by atomic mass is 10.1. The average molecular weight is 322 g/mol. The van der Waals surface area contributed by atoms with Crippen LogP contribution in [0, 0.1) is 0 Å². The maximum Gasteiger partial charge on any atom is 0.223 e. The molecule has 0 fully saturated rings. The predicted molar refractivity (Wildman–Crippen MR) is 99.4 cm³/mol. The molecule has 0 aliphatic heterocycles. The van der Waals surface area contributed by atoms with Crippen LogP contribution in [0.2, 0.25) is 0 Å². The summed E-state index contributed by atoms with van der Waals surface area (Å²) < 4.78 is 0. The van der Waals surface area contributed by atoms with Crippen molar-refractivity contribution in [2.45, 2.75) is 71.1 Å². The van der Waals surface area contributed by atoms with Gasteiger partial charge < -0.3 is 10.4 Å². The third-order valence-electron chi connectivity index (χ3n) is 3.51. The van der Waals surface area contributed by atoms with Gasteiger partial charge in [-0.1, -0.05) is 75.5 Å². The second-order valence-electron chi connectivity index (χ2n) is 5.72. The number of nitrogens with one attached hydrogen (secondary N) is 1. The van der Waals surface area contributed by atoms with Crippen molar-refractivity contribution in [3.63, 3.8) is 0 Å². The molecule has 0 heterocycles. The van der Waals surface area contributed by atoms with Crippen LogP contribution < -0.4 is 5.32 Å². The second kappa shape index (κ2) is 18.7. The Kier molecular flexibility index (Phi) is 17.6. The van der Waals surface area contributed by atoms with Crippen molar-refractivity contribution in [3.05, 3.63) is 36.5 Å². The molecule has 3 nitrogen and oxygen atoms in total. The number of amides is 1. The zero-order chi connectivity index (χ0) is 17.0. The lowest BCUT2D eigenvalue weighted by molar-refractivity contribution is -0.120. The number of unbranched alkanes of at least 4 members (excludes halogenated alkanes) is 6. The van der Waals surface area contributed by atoms with E-state index in [2.05, 4.69) is 36.5 Å². The van der Waals surface area contributed by atoms with Crippen LogP contribution in [0.4, 0.5) is 0 Å². The van der Waals surface area contributed by atoms with Crippen molar-refractivity contribution in [1.82, 2.24) is 5.32 Å². The van der Waals surface area contributed by atoms with Crippen LogP contribution in [0.1, 0.15) is 71.1 Å². The van der Waals surface area contributed by atoms with Crippen molar-refractivity contribution < 1.29 is 9.90 Å². The largest absolute Gasteiger partial charge is 0.395 e. The Morgan fingerprint density at radius 3 is 2.17 bits per heavy atom. The quantitative estimate of drug-likeness (QED) is 0.340. The predicted octanol–water partition coefficient (Wildman–Crippen LogP) is 4.68. The Balaban J connectivity index is 3.39. The fraction of sp³-hybridized carbons (Fsp3) is 0.650. The number of hydrogen-bond donors (Lipinski definition) is 2. The molecule has 0 unspecified atom stereocenters. The van der Waals surface area contributed by atoms with E-state index < -0.39 is 0 Å². The normalized spacial score (nSPS) is 11.9. The molecular weight excluding hydrogens is 286 g/mol. The van der Waals surface area contributed by atoms with Gasteiger partial charge >= 0.3 is 0 Å². The van der Waals surface area contributed by atoms with E-state index in [9.17, 15) is 4.79 Å². The maximum atomic E-state index is 11.2. The van der Waals surface area contributed by atoms with Crippen LogP contribution in [0.15, 0.2) is 36.5 Å². The van der Waals surface area contributed by atoms with Gasteiger partial charge in [0.15, 0.2) is 0 Å². The molecule has 0 aliphatic carbocycles. The smallest absolute Gasteiger partial charge is 0.223 e. The molecule has 0 radical (unpaired) electrons. The van der Waals surface area contributed by atoms with Gasteiger partial charge in [-0.15, -0.1) is 0 Å². The molecule has 0 saturated heterocycles. The summed E-state index contributed by atoms with van der Waals surface area (Å²) in [5.41, 5.74) is 0. The zero-order valence-electron chi connectivity index (χ0n) is 14.8. The first-order valence-electron chi connectivity index (χ1n) is 9.13. The van der Waals surface area contributed by atoms with E-state index in [4.69, 9.17) is 5.11 Å². The Bertz CT molecular complexity index is 346. The van der Waals surface area contributed by atoms with Gasteiger partial charge in [-0.3, -0.25) is 4.79 Å². The lowest BCUT2D eigenvalue weighted by Gasteiger charge is -1.98. The molecule has 3 heteroatoms. The number of allylic oxidation sites excluding steroid dienone is 5. The summed E-state index contributed by atoms with van der Waals surface area (Å²) in [4.78, 5) is 11.2. The second-order valence-corrected chi connectivity index (χ2v) is 5.72. The van der Waals surface area contributed by atoms with Crippen molar-refractivity contribution in [1.29, 1.82) is 0 Å².